The van der Waals surface area contributed by atoms with Crippen molar-refractivity contribution < 1.29 is 24.2 Å². The van der Waals surface area contributed by atoms with Crippen LogP contribution in [0.4, 0.5) is 4.79 Å². The molecule has 0 spiro atoms. The normalized spacial score (nSPS) is 16.6. The maximum atomic E-state index is 12.0. The summed E-state index contributed by atoms with van der Waals surface area (Å²) in [5, 5.41) is 11.1. The van der Waals surface area contributed by atoms with Crippen LogP contribution >= 0.6 is 0 Å². The average Bonchev–Trinajstić information content (AvgIpc) is 2.38. The summed E-state index contributed by atoms with van der Waals surface area (Å²) in [4.78, 5) is 35.2. The summed E-state index contributed by atoms with van der Waals surface area (Å²) < 4.78 is 5.45. The minimum atomic E-state index is -1.09. The van der Waals surface area contributed by atoms with Crippen molar-refractivity contribution in [1.82, 2.24) is 10.2 Å². The molecule has 0 aliphatic carbocycles. The molecule has 21 heavy (non-hydrogen) atoms. The van der Waals surface area contributed by atoms with Gasteiger partial charge in [0.05, 0.1) is 19.1 Å². The van der Waals surface area contributed by atoms with Crippen molar-refractivity contribution >= 4 is 17.9 Å². The van der Waals surface area contributed by atoms with Gasteiger partial charge in [-0.25, -0.2) is 4.79 Å². The Balaban J connectivity index is 2.34. The number of primary amides is 1. The van der Waals surface area contributed by atoms with E-state index >= 15 is 0 Å². The van der Waals surface area contributed by atoms with Gasteiger partial charge in [0.2, 0.25) is 5.91 Å². The number of carboxylic acid groups (broad SMARTS) is 1. The molecule has 1 rings (SSSR count). The van der Waals surface area contributed by atoms with Gasteiger partial charge in [-0.1, -0.05) is 0 Å². The molecule has 0 aromatic rings. The summed E-state index contributed by atoms with van der Waals surface area (Å²) in [7, 11) is 0. The molecule has 1 saturated heterocycles. The van der Waals surface area contributed by atoms with Gasteiger partial charge >= 0.3 is 12.0 Å². The van der Waals surface area contributed by atoms with Gasteiger partial charge in [-0.15, -0.1) is 0 Å². The van der Waals surface area contributed by atoms with Gasteiger partial charge in [-0.05, 0) is 26.7 Å². The number of carbonyl (C=O) groups is 3. The van der Waals surface area contributed by atoms with E-state index in [1.54, 1.807) is 18.7 Å². The maximum absolute atomic E-state index is 12.0. The molecule has 0 unspecified atom stereocenters. The number of nitrogens with one attached hydrogen (secondary N) is 1. The predicted octanol–water partition coefficient (Wildman–Crippen LogP) is -0.0844. The molecule has 0 aromatic heterocycles. The third kappa shape index (κ3) is 5.58. The zero-order valence-electron chi connectivity index (χ0n) is 12.4. The van der Waals surface area contributed by atoms with Gasteiger partial charge in [-0.3, -0.25) is 9.59 Å². The van der Waals surface area contributed by atoms with E-state index in [1.165, 1.54) is 0 Å². The van der Waals surface area contributed by atoms with Gasteiger partial charge < -0.3 is 25.8 Å². The van der Waals surface area contributed by atoms with Crippen molar-refractivity contribution in [3.63, 3.8) is 0 Å². The Kier molecular flexibility index (Phi) is 5.95. The van der Waals surface area contributed by atoms with Gasteiger partial charge in [0, 0.05) is 13.1 Å². The Morgan fingerprint density at radius 3 is 2.38 bits per heavy atom. The zero-order chi connectivity index (χ0) is 16.0. The molecule has 3 amide bonds. The Bertz CT molecular complexity index is 403. The second kappa shape index (κ2) is 7.26. The van der Waals surface area contributed by atoms with E-state index in [1.807, 2.05) is 0 Å². The SMILES string of the molecule is CC(C)(NC(=O)N1CCC(OCCC(=O)O)CC1)C(N)=O. The number of ether oxygens (including phenoxy) is 1. The monoisotopic (exact) mass is 301 g/mol. The number of nitrogens with zero attached hydrogens (tertiary/aromatic N) is 1. The maximum Gasteiger partial charge on any atom is 0.318 e. The lowest BCUT2D eigenvalue weighted by Gasteiger charge is -2.34. The van der Waals surface area contributed by atoms with E-state index in [9.17, 15) is 14.4 Å². The molecule has 8 nitrogen and oxygen atoms in total. The summed E-state index contributed by atoms with van der Waals surface area (Å²) in [5.74, 6) is -1.48. The topological polar surface area (TPSA) is 122 Å². The number of urea groups is 1. The van der Waals surface area contributed by atoms with Crippen molar-refractivity contribution in [2.45, 2.75) is 44.8 Å². The second-order valence-corrected chi connectivity index (χ2v) is 5.62. The van der Waals surface area contributed by atoms with Crippen LogP contribution in [0.25, 0.3) is 0 Å². The number of likely N-dealkylation sites (tertiary alicyclic amines) is 1. The molecular formula is C13H23N3O5. The van der Waals surface area contributed by atoms with Crippen molar-refractivity contribution in [3.8, 4) is 0 Å². The minimum Gasteiger partial charge on any atom is -0.481 e. The van der Waals surface area contributed by atoms with Crippen LogP contribution in [0, 0.1) is 0 Å². The van der Waals surface area contributed by atoms with Gasteiger partial charge in [0.15, 0.2) is 0 Å². The Labute approximate surface area is 123 Å². The third-order valence-electron chi connectivity index (χ3n) is 3.43. The van der Waals surface area contributed by atoms with Crippen LogP contribution in [-0.2, 0) is 14.3 Å². The highest BCUT2D eigenvalue weighted by Gasteiger charge is 2.30. The molecule has 1 fully saturated rings. The van der Waals surface area contributed by atoms with Crippen molar-refractivity contribution in [2.75, 3.05) is 19.7 Å². The first-order valence-electron chi connectivity index (χ1n) is 6.93. The minimum absolute atomic E-state index is 0.0203. The van der Waals surface area contributed by atoms with Crippen LogP contribution in [0.1, 0.15) is 33.1 Å². The lowest BCUT2D eigenvalue weighted by atomic mass is 10.1. The first-order valence-corrected chi connectivity index (χ1v) is 6.93. The van der Waals surface area contributed by atoms with E-state index < -0.39 is 17.4 Å². The molecule has 120 valence electrons. The van der Waals surface area contributed by atoms with Crippen LogP contribution in [0.15, 0.2) is 0 Å². The molecule has 0 saturated carbocycles. The number of hydrogen-bond donors (Lipinski definition) is 3. The molecule has 8 heteroatoms. The smallest absolute Gasteiger partial charge is 0.318 e. The lowest BCUT2D eigenvalue weighted by Crippen LogP contribution is -2.57. The zero-order valence-corrected chi connectivity index (χ0v) is 12.4. The Morgan fingerprint density at radius 2 is 1.90 bits per heavy atom. The van der Waals surface area contributed by atoms with Crippen LogP contribution in [-0.4, -0.2) is 59.3 Å². The standard InChI is InChI=1S/C13H23N3O5/c1-13(2,11(14)19)15-12(20)16-6-3-9(4-7-16)21-8-5-10(17)18/h9H,3-8H2,1-2H3,(H2,14,19)(H,15,20)(H,17,18). The number of carboxylic acids is 1. The lowest BCUT2D eigenvalue weighted by molar-refractivity contribution is -0.138. The van der Waals surface area contributed by atoms with E-state index in [0.29, 0.717) is 25.9 Å². The van der Waals surface area contributed by atoms with E-state index in [2.05, 4.69) is 5.32 Å². The van der Waals surface area contributed by atoms with Gasteiger partial charge in [-0.2, -0.15) is 0 Å². The predicted molar refractivity (Wildman–Crippen MR) is 74.6 cm³/mol. The summed E-state index contributed by atoms with van der Waals surface area (Å²) in [6, 6.07) is -0.331. The molecule has 0 radical (unpaired) electrons. The molecule has 0 bridgehead atoms. The summed E-state index contributed by atoms with van der Waals surface area (Å²) in [6.07, 6.45) is 1.24. The number of amides is 3. The molecule has 0 atom stereocenters. The fourth-order valence-corrected chi connectivity index (χ4v) is 1.95. The number of nitrogens with two attached hydrogens (primary N) is 1. The fourth-order valence-electron chi connectivity index (χ4n) is 1.95. The summed E-state index contributed by atoms with van der Waals surface area (Å²) in [5.41, 5.74) is 4.12. The first kappa shape index (κ1) is 17.2. The van der Waals surface area contributed by atoms with E-state index in [0.717, 1.165) is 0 Å². The quantitative estimate of drug-likeness (QED) is 0.633. The van der Waals surface area contributed by atoms with E-state index in [4.69, 9.17) is 15.6 Å². The van der Waals surface area contributed by atoms with Crippen molar-refractivity contribution in [3.05, 3.63) is 0 Å². The highest BCUT2D eigenvalue weighted by atomic mass is 16.5. The number of hydrogen-bond acceptors (Lipinski definition) is 4. The van der Waals surface area contributed by atoms with Crippen LogP contribution < -0.4 is 11.1 Å². The number of aliphatic carboxylic acids is 1. The van der Waals surface area contributed by atoms with Crippen LogP contribution in [0.3, 0.4) is 0 Å². The molecule has 0 aromatic carbocycles. The average molecular weight is 301 g/mol. The van der Waals surface area contributed by atoms with Crippen LogP contribution in [0.5, 0.6) is 0 Å². The van der Waals surface area contributed by atoms with Crippen molar-refractivity contribution in [1.29, 1.82) is 0 Å². The molecule has 1 aliphatic heterocycles. The van der Waals surface area contributed by atoms with Gasteiger partial charge in [0.25, 0.3) is 0 Å². The number of rotatable bonds is 6. The molecule has 1 aliphatic rings. The number of piperidine rings is 1. The van der Waals surface area contributed by atoms with Crippen molar-refractivity contribution in [2.24, 2.45) is 5.73 Å². The number of carbonyl (C=O) groups excluding carboxylic acids is 2. The highest BCUT2D eigenvalue weighted by molar-refractivity contribution is 5.89. The first-order chi connectivity index (χ1) is 9.72. The Morgan fingerprint density at radius 1 is 1.33 bits per heavy atom. The van der Waals surface area contributed by atoms with Gasteiger partial charge in [0.1, 0.15) is 5.54 Å². The largest absolute Gasteiger partial charge is 0.481 e. The third-order valence-corrected chi connectivity index (χ3v) is 3.43. The Hall–Kier alpha value is -1.83. The molecule has 1 heterocycles. The highest BCUT2D eigenvalue weighted by Crippen LogP contribution is 2.15. The summed E-state index contributed by atoms with van der Waals surface area (Å²) in [6.45, 7) is 4.28. The van der Waals surface area contributed by atoms with E-state index in [-0.39, 0.29) is 25.2 Å². The fraction of sp³-hybridized carbons (Fsp3) is 0.769. The summed E-state index contributed by atoms with van der Waals surface area (Å²) >= 11 is 0. The second-order valence-electron chi connectivity index (χ2n) is 5.62. The molecular weight excluding hydrogens is 278 g/mol. The molecule has 4 N–H and O–H groups in total. The van der Waals surface area contributed by atoms with Crippen LogP contribution in [0.2, 0.25) is 0 Å².